The van der Waals surface area contributed by atoms with Crippen LogP contribution in [0.3, 0.4) is 0 Å². The number of rotatable bonds is 8. The molecule has 5 nitrogen and oxygen atoms in total. The maximum Gasteiger partial charge on any atom is 0.258 e. The van der Waals surface area contributed by atoms with Crippen molar-refractivity contribution in [2.75, 3.05) is 26.4 Å². The predicted octanol–water partition coefficient (Wildman–Crippen LogP) is 3.43. The van der Waals surface area contributed by atoms with Crippen molar-refractivity contribution in [2.45, 2.75) is 6.92 Å². The first-order chi connectivity index (χ1) is 12.7. The van der Waals surface area contributed by atoms with E-state index in [1.165, 1.54) is 0 Å². The number of benzene rings is 2. The first kappa shape index (κ1) is 19.7. The van der Waals surface area contributed by atoms with Gasteiger partial charge in [-0.15, -0.1) is 0 Å². The Kier molecular flexibility index (Phi) is 8.37. The number of hydrogen-bond acceptors (Lipinski definition) is 4. The van der Waals surface area contributed by atoms with Gasteiger partial charge in [0.2, 0.25) is 0 Å². The Labute approximate surface area is 161 Å². The van der Waals surface area contributed by atoms with Crippen LogP contribution in [-0.4, -0.2) is 32.3 Å². The van der Waals surface area contributed by atoms with E-state index in [-0.39, 0.29) is 25.7 Å². The summed E-state index contributed by atoms with van der Waals surface area (Å²) in [4.78, 5) is 11.7. The van der Waals surface area contributed by atoms with Gasteiger partial charge in [0, 0.05) is 4.47 Å². The van der Waals surface area contributed by atoms with Crippen LogP contribution in [-0.2, 0) is 4.79 Å². The number of carbonyl (C=O) groups excluding carboxylic acids is 1. The molecule has 0 unspecified atom stereocenters. The van der Waals surface area contributed by atoms with Crippen molar-refractivity contribution in [3.8, 4) is 29.1 Å². The molecule has 0 fully saturated rings. The van der Waals surface area contributed by atoms with Crippen LogP contribution < -0.4 is 19.5 Å². The molecule has 0 aliphatic rings. The first-order valence-corrected chi connectivity index (χ1v) is 8.93. The largest absolute Gasteiger partial charge is 0.494 e. The summed E-state index contributed by atoms with van der Waals surface area (Å²) in [6.45, 7) is 2.97. The highest BCUT2D eigenvalue weighted by Crippen LogP contribution is 2.18. The Morgan fingerprint density at radius 1 is 1.00 bits per heavy atom. The normalized spacial score (nSPS) is 9.62. The van der Waals surface area contributed by atoms with Gasteiger partial charge in [0.25, 0.3) is 5.91 Å². The topological polar surface area (TPSA) is 56.8 Å². The van der Waals surface area contributed by atoms with E-state index < -0.39 is 0 Å². The molecule has 0 radical (unpaired) electrons. The maximum atomic E-state index is 11.7. The maximum absolute atomic E-state index is 11.7. The van der Waals surface area contributed by atoms with E-state index in [0.29, 0.717) is 12.4 Å². The second-order valence-corrected chi connectivity index (χ2v) is 5.99. The molecule has 0 saturated heterocycles. The van der Waals surface area contributed by atoms with Crippen LogP contribution in [0.25, 0.3) is 0 Å². The molecule has 6 heteroatoms. The van der Waals surface area contributed by atoms with E-state index in [9.17, 15) is 4.79 Å². The molecule has 1 amide bonds. The standard InChI is InChI=1S/C20H20BrNO4/c1-2-24-17-8-10-18(11-9-17)26-15-20(23)22-12-3-4-13-25-19-7-5-6-16(21)14-19/h5-11,14H,2,12-13,15H2,1H3,(H,22,23). The van der Waals surface area contributed by atoms with Gasteiger partial charge in [0.05, 0.1) is 13.2 Å². The van der Waals surface area contributed by atoms with Gasteiger partial charge in [-0.2, -0.15) is 0 Å². The van der Waals surface area contributed by atoms with Crippen molar-refractivity contribution >= 4 is 21.8 Å². The van der Waals surface area contributed by atoms with Crippen molar-refractivity contribution in [3.63, 3.8) is 0 Å². The number of hydrogen-bond donors (Lipinski definition) is 1. The van der Waals surface area contributed by atoms with E-state index in [2.05, 4.69) is 33.1 Å². The minimum atomic E-state index is -0.235. The van der Waals surface area contributed by atoms with Gasteiger partial charge in [0.1, 0.15) is 23.9 Å². The third-order valence-electron chi connectivity index (χ3n) is 3.11. The molecule has 0 aromatic heterocycles. The highest BCUT2D eigenvalue weighted by Gasteiger charge is 2.01. The Bertz CT molecular complexity index is 765. The molecule has 0 heterocycles. The van der Waals surface area contributed by atoms with Crippen molar-refractivity contribution in [1.82, 2.24) is 5.32 Å². The summed E-state index contributed by atoms with van der Waals surface area (Å²) in [5.74, 6) is 7.55. The number of nitrogens with one attached hydrogen (secondary N) is 1. The van der Waals surface area contributed by atoms with Crippen LogP contribution in [0.4, 0.5) is 0 Å². The molecule has 0 bridgehead atoms. The van der Waals surface area contributed by atoms with E-state index in [0.717, 1.165) is 16.0 Å². The zero-order valence-electron chi connectivity index (χ0n) is 14.5. The lowest BCUT2D eigenvalue weighted by molar-refractivity contribution is -0.122. The molecule has 0 atom stereocenters. The number of amides is 1. The molecular weight excluding hydrogens is 398 g/mol. The molecule has 2 aromatic carbocycles. The van der Waals surface area contributed by atoms with Crippen LogP contribution in [0.2, 0.25) is 0 Å². The summed E-state index contributed by atoms with van der Waals surface area (Å²) in [6.07, 6.45) is 0. The lowest BCUT2D eigenvalue weighted by Crippen LogP contribution is -2.29. The summed E-state index contributed by atoms with van der Waals surface area (Å²) in [5.41, 5.74) is 0. The summed E-state index contributed by atoms with van der Waals surface area (Å²) >= 11 is 3.37. The molecular formula is C20H20BrNO4. The lowest BCUT2D eigenvalue weighted by Gasteiger charge is -2.07. The second-order valence-electron chi connectivity index (χ2n) is 5.07. The minimum absolute atomic E-state index is 0.0653. The van der Waals surface area contributed by atoms with Gasteiger partial charge in [-0.25, -0.2) is 0 Å². The molecule has 0 aliphatic carbocycles. The van der Waals surface area contributed by atoms with Crippen LogP contribution in [0.1, 0.15) is 6.92 Å². The SMILES string of the molecule is CCOc1ccc(OCC(=O)NCC#CCOc2cccc(Br)c2)cc1. The van der Waals surface area contributed by atoms with E-state index in [1.807, 2.05) is 31.2 Å². The van der Waals surface area contributed by atoms with Gasteiger partial charge in [0.15, 0.2) is 6.61 Å². The van der Waals surface area contributed by atoms with Crippen molar-refractivity contribution in [3.05, 3.63) is 53.0 Å². The second kappa shape index (κ2) is 11.1. The summed E-state index contributed by atoms with van der Waals surface area (Å²) in [6, 6.07) is 14.6. The molecule has 2 aromatic rings. The fourth-order valence-electron chi connectivity index (χ4n) is 1.93. The van der Waals surface area contributed by atoms with Crippen LogP contribution in [0, 0.1) is 11.8 Å². The van der Waals surface area contributed by atoms with Gasteiger partial charge in [-0.3, -0.25) is 4.79 Å². The molecule has 26 heavy (non-hydrogen) atoms. The molecule has 1 N–H and O–H groups in total. The smallest absolute Gasteiger partial charge is 0.258 e. The molecule has 0 aliphatic heterocycles. The fourth-order valence-corrected chi connectivity index (χ4v) is 2.31. The Hall–Kier alpha value is -2.65. The zero-order valence-corrected chi connectivity index (χ0v) is 16.0. The number of halogens is 1. The monoisotopic (exact) mass is 417 g/mol. The van der Waals surface area contributed by atoms with Gasteiger partial charge < -0.3 is 19.5 Å². The Balaban J connectivity index is 1.61. The fraction of sp³-hybridized carbons (Fsp3) is 0.250. The minimum Gasteiger partial charge on any atom is -0.494 e. The average Bonchev–Trinajstić information content (AvgIpc) is 2.64. The summed E-state index contributed by atoms with van der Waals surface area (Å²) in [7, 11) is 0. The Morgan fingerprint density at radius 3 is 2.42 bits per heavy atom. The summed E-state index contributed by atoms with van der Waals surface area (Å²) in [5, 5.41) is 2.67. The van der Waals surface area contributed by atoms with Gasteiger partial charge in [-0.1, -0.05) is 33.8 Å². The van der Waals surface area contributed by atoms with Crippen molar-refractivity contribution in [2.24, 2.45) is 0 Å². The van der Waals surface area contributed by atoms with Crippen LogP contribution >= 0.6 is 15.9 Å². The van der Waals surface area contributed by atoms with Gasteiger partial charge in [-0.05, 0) is 49.4 Å². The predicted molar refractivity (Wildman–Crippen MR) is 104 cm³/mol. The van der Waals surface area contributed by atoms with E-state index in [4.69, 9.17) is 14.2 Å². The molecule has 2 rings (SSSR count). The number of ether oxygens (including phenoxy) is 3. The average molecular weight is 418 g/mol. The molecule has 0 saturated carbocycles. The van der Waals surface area contributed by atoms with Crippen LogP contribution in [0.15, 0.2) is 53.0 Å². The quantitative estimate of drug-likeness (QED) is 0.668. The first-order valence-electron chi connectivity index (χ1n) is 8.14. The highest BCUT2D eigenvalue weighted by atomic mass is 79.9. The third kappa shape index (κ3) is 7.49. The highest BCUT2D eigenvalue weighted by molar-refractivity contribution is 9.10. The van der Waals surface area contributed by atoms with E-state index >= 15 is 0 Å². The van der Waals surface area contributed by atoms with E-state index in [1.54, 1.807) is 24.3 Å². The zero-order chi connectivity index (χ0) is 18.6. The summed E-state index contributed by atoms with van der Waals surface area (Å²) < 4.78 is 17.2. The van der Waals surface area contributed by atoms with Gasteiger partial charge >= 0.3 is 0 Å². The molecule has 0 spiro atoms. The Morgan fingerprint density at radius 2 is 1.73 bits per heavy atom. The number of carbonyl (C=O) groups is 1. The van der Waals surface area contributed by atoms with Crippen molar-refractivity contribution in [1.29, 1.82) is 0 Å². The lowest BCUT2D eigenvalue weighted by atomic mass is 10.3. The van der Waals surface area contributed by atoms with Crippen molar-refractivity contribution < 1.29 is 19.0 Å². The molecule has 136 valence electrons. The third-order valence-corrected chi connectivity index (χ3v) is 3.60. The van der Waals surface area contributed by atoms with Crippen LogP contribution in [0.5, 0.6) is 17.2 Å².